The highest BCUT2D eigenvalue weighted by Crippen LogP contribution is 2.29. The van der Waals surface area contributed by atoms with Crippen molar-refractivity contribution in [2.75, 3.05) is 0 Å². The van der Waals surface area contributed by atoms with Gasteiger partial charge in [-0.05, 0) is 29.5 Å². The van der Waals surface area contributed by atoms with Crippen LogP contribution >= 0.6 is 45.8 Å². The van der Waals surface area contributed by atoms with Crippen molar-refractivity contribution in [2.45, 2.75) is 6.92 Å². The molecule has 0 spiro atoms. The van der Waals surface area contributed by atoms with E-state index in [1.807, 2.05) is 22.6 Å². The summed E-state index contributed by atoms with van der Waals surface area (Å²) in [5, 5.41) is 0.124. The second kappa shape index (κ2) is 3.41. The molecule has 0 aromatic carbocycles. The fraction of sp³-hybridized carbons (Fsp3) is 0.167. The molecule has 0 aliphatic rings. The molecule has 0 saturated carbocycles. The van der Waals surface area contributed by atoms with E-state index in [0.717, 1.165) is 0 Å². The maximum Gasteiger partial charge on any atom is 0.164 e. The monoisotopic (exact) mass is 305 g/mol. The Morgan fingerprint density at radius 3 is 2.45 bits per heavy atom. The molecule has 0 saturated heterocycles. The second-order valence-corrected chi connectivity index (χ2v) is 3.71. The third kappa shape index (κ3) is 1.76. The molecule has 1 nitrogen and oxygen atoms in total. The first-order chi connectivity index (χ1) is 5.04. The van der Waals surface area contributed by atoms with Gasteiger partial charge < -0.3 is 0 Å². The van der Waals surface area contributed by atoms with Crippen LogP contribution in [-0.4, -0.2) is 4.98 Å². The Labute approximate surface area is 87.0 Å². The summed E-state index contributed by atoms with van der Waals surface area (Å²) in [6, 6.07) is 0. The van der Waals surface area contributed by atoms with Gasteiger partial charge in [0.25, 0.3) is 0 Å². The molecule has 0 unspecified atom stereocenters. The van der Waals surface area contributed by atoms with Gasteiger partial charge >= 0.3 is 0 Å². The number of aryl methyl sites for hydroxylation is 1. The average molecular weight is 306 g/mol. The van der Waals surface area contributed by atoms with Crippen molar-refractivity contribution in [1.82, 2.24) is 4.98 Å². The van der Waals surface area contributed by atoms with Crippen LogP contribution < -0.4 is 0 Å². The fourth-order valence-corrected chi connectivity index (χ4v) is 1.73. The predicted molar refractivity (Wildman–Crippen MR) is 51.7 cm³/mol. The van der Waals surface area contributed by atoms with Gasteiger partial charge in [-0.2, -0.15) is 0 Å². The zero-order valence-corrected chi connectivity index (χ0v) is 9.13. The molecule has 5 heteroatoms. The van der Waals surface area contributed by atoms with Crippen molar-refractivity contribution in [3.63, 3.8) is 0 Å². The summed E-state index contributed by atoms with van der Waals surface area (Å²) in [7, 11) is 0. The van der Waals surface area contributed by atoms with Crippen molar-refractivity contribution < 1.29 is 4.39 Å². The van der Waals surface area contributed by atoms with E-state index >= 15 is 0 Å². The highest BCUT2D eigenvalue weighted by atomic mass is 127. The largest absolute Gasteiger partial charge is 0.242 e. The van der Waals surface area contributed by atoms with Crippen LogP contribution in [0.4, 0.5) is 4.39 Å². The molecule has 0 fully saturated rings. The minimum atomic E-state index is -0.544. The van der Waals surface area contributed by atoms with E-state index < -0.39 is 5.82 Å². The van der Waals surface area contributed by atoms with E-state index in [4.69, 9.17) is 23.2 Å². The van der Waals surface area contributed by atoms with Gasteiger partial charge in [-0.3, -0.25) is 0 Å². The molecule has 1 aromatic rings. The summed E-state index contributed by atoms with van der Waals surface area (Å²) in [5.74, 6) is -0.544. The molecule has 0 aliphatic carbocycles. The third-order valence-corrected chi connectivity index (χ3v) is 3.07. The molecule has 1 rings (SSSR count). The molecule has 0 atom stereocenters. The van der Waals surface area contributed by atoms with E-state index in [0.29, 0.717) is 3.70 Å². The number of hydrogen-bond acceptors (Lipinski definition) is 1. The number of halogens is 4. The van der Waals surface area contributed by atoms with E-state index in [2.05, 4.69) is 4.98 Å². The number of nitrogens with zero attached hydrogens (tertiary/aromatic N) is 1. The summed E-state index contributed by atoms with van der Waals surface area (Å²) in [6.07, 6.45) is 0. The standard InChI is InChI=1S/C6H3Cl2FIN/c1-2-5(9)3(7)4(8)6(10)11-2/h1H3. The Kier molecular flexibility index (Phi) is 2.94. The van der Waals surface area contributed by atoms with Crippen LogP contribution in [0.1, 0.15) is 5.69 Å². The van der Waals surface area contributed by atoms with E-state index in [9.17, 15) is 4.39 Å². The van der Waals surface area contributed by atoms with Crippen molar-refractivity contribution in [1.29, 1.82) is 0 Å². The first-order valence-corrected chi connectivity index (χ1v) is 4.54. The van der Waals surface area contributed by atoms with Crippen LogP contribution in [0.15, 0.2) is 0 Å². The second-order valence-electron chi connectivity index (χ2n) is 1.93. The molecule has 0 radical (unpaired) electrons. The van der Waals surface area contributed by atoms with Crippen LogP contribution in [0.25, 0.3) is 0 Å². The Balaban J connectivity index is 3.46. The van der Waals surface area contributed by atoms with Crippen molar-refractivity contribution >= 4 is 45.8 Å². The van der Waals surface area contributed by atoms with E-state index in [-0.39, 0.29) is 15.7 Å². The Morgan fingerprint density at radius 1 is 1.36 bits per heavy atom. The van der Waals surface area contributed by atoms with E-state index in [1.54, 1.807) is 6.92 Å². The molecule has 11 heavy (non-hydrogen) atoms. The quantitative estimate of drug-likeness (QED) is 0.528. The van der Waals surface area contributed by atoms with Gasteiger partial charge in [0, 0.05) is 0 Å². The number of pyridine rings is 1. The molecular weight excluding hydrogens is 303 g/mol. The summed E-state index contributed by atoms with van der Waals surface area (Å²) < 4.78 is 13.4. The highest BCUT2D eigenvalue weighted by Gasteiger charge is 2.12. The smallest absolute Gasteiger partial charge is 0.164 e. The summed E-state index contributed by atoms with van der Waals surface area (Å²) in [4.78, 5) is 3.83. The number of aromatic nitrogens is 1. The van der Waals surface area contributed by atoms with Crippen LogP contribution in [-0.2, 0) is 0 Å². The highest BCUT2D eigenvalue weighted by molar-refractivity contribution is 14.1. The molecule has 0 N–H and O–H groups in total. The minimum Gasteiger partial charge on any atom is -0.242 e. The lowest BCUT2D eigenvalue weighted by molar-refractivity contribution is 0.609. The molecule has 0 amide bonds. The van der Waals surface area contributed by atoms with Gasteiger partial charge in [0.15, 0.2) is 5.82 Å². The topological polar surface area (TPSA) is 12.9 Å². The first-order valence-electron chi connectivity index (χ1n) is 2.70. The first kappa shape index (κ1) is 9.48. The lowest BCUT2D eigenvalue weighted by Gasteiger charge is -2.01. The fourth-order valence-electron chi connectivity index (χ4n) is 0.591. The van der Waals surface area contributed by atoms with E-state index in [1.165, 1.54) is 0 Å². The zero-order chi connectivity index (χ0) is 8.59. The van der Waals surface area contributed by atoms with Gasteiger partial charge in [0.05, 0.1) is 15.7 Å². The molecule has 1 aromatic heterocycles. The molecule has 1 heterocycles. The minimum absolute atomic E-state index is 0.0523. The lowest BCUT2D eigenvalue weighted by Crippen LogP contribution is -1.93. The van der Waals surface area contributed by atoms with Gasteiger partial charge in [-0.15, -0.1) is 0 Å². The SMILES string of the molecule is Cc1nc(I)c(Cl)c(Cl)c1F. The summed E-state index contributed by atoms with van der Waals surface area (Å²) in [5.41, 5.74) is 0.267. The normalized spacial score (nSPS) is 10.3. The molecule has 60 valence electrons. The third-order valence-electron chi connectivity index (χ3n) is 1.15. The van der Waals surface area contributed by atoms with Gasteiger partial charge in [-0.1, -0.05) is 23.2 Å². The maximum absolute atomic E-state index is 12.9. The number of hydrogen-bond donors (Lipinski definition) is 0. The van der Waals surface area contributed by atoms with Crippen LogP contribution in [0.2, 0.25) is 10.0 Å². The van der Waals surface area contributed by atoms with Crippen LogP contribution in [0.3, 0.4) is 0 Å². The van der Waals surface area contributed by atoms with Crippen molar-refractivity contribution in [3.05, 3.63) is 25.3 Å². The lowest BCUT2D eigenvalue weighted by atomic mass is 10.4. The van der Waals surface area contributed by atoms with Crippen molar-refractivity contribution in [2.24, 2.45) is 0 Å². The Hall–Kier alpha value is 0.390. The van der Waals surface area contributed by atoms with Crippen LogP contribution in [0.5, 0.6) is 0 Å². The average Bonchev–Trinajstić information content (AvgIpc) is 1.97. The van der Waals surface area contributed by atoms with Crippen molar-refractivity contribution in [3.8, 4) is 0 Å². The van der Waals surface area contributed by atoms with Gasteiger partial charge in [0.2, 0.25) is 0 Å². The molecule has 0 aliphatic heterocycles. The Morgan fingerprint density at radius 2 is 1.91 bits per heavy atom. The van der Waals surface area contributed by atoms with Crippen LogP contribution in [0, 0.1) is 16.4 Å². The molecular formula is C6H3Cl2FIN. The molecule has 0 bridgehead atoms. The van der Waals surface area contributed by atoms with Gasteiger partial charge in [-0.25, -0.2) is 9.37 Å². The number of rotatable bonds is 0. The summed E-state index contributed by atoms with van der Waals surface area (Å²) in [6.45, 7) is 1.54. The zero-order valence-electron chi connectivity index (χ0n) is 5.46. The summed E-state index contributed by atoms with van der Waals surface area (Å²) >= 11 is 13.0. The van der Waals surface area contributed by atoms with Gasteiger partial charge in [0.1, 0.15) is 3.70 Å². The maximum atomic E-state index is 12.9. The predicted octanol–water partition coefficient (Wildman–Crippen LogP) is 3.44. The Bertz CT molecular complexity index is 277.